The molecule has 0 fully saturated rings. The van der Waals surface area contributed by atoms with Crippen LogP contribution < -0.4 is 5.73 Å². The standard InChI is InChI=1S/C7H17NO3S/c1-6(2)5-7(3-4-8)12(9,10)11/h6-7H,3-5,8H2,1-2H3,(H,9,10,11). The quantitative estimate of drug-likeness (QED) is 0.631. The van der Waals surface area contributed by atoms with Crippen LogP contribution in [0.5, 0.6) is 0 Å². The lowest BCUT2D eigenvalue weighted by molar-refractivity contribution is 0.439. The molecule has 4 nitrogen and oxygen atoms in total. The minimum atomic E-state index is -3.90. The van der Waals surface area contributed by atoms with Crippen molar-refractivity contribution in [2.45, 2.75) is 31.9 Å². The van der Waals surface area contributed by atoms with Crippen molar-refractivity contribution in [3.63, 3.8) is 0 Å². The van der Waals surface area contributed by atoms with Crippen LogP contribution in [0.2, 0.25) is 0 Å². The highest BCUT2D eigenvalue weighted by molar-refractivity contribution is 7.86. The van der Waals surface area contributed by atoms with Crippen molar-refractivity contribution in [2.24, 2.45) is 11.7 Å². The van der Waals surface area contributed by atoms with Crippen molar-refractivity contribution in [1.82, 2.24) is 0 Å². The SMILES string of the molecule is CC(C)CC(CCN)S(=O)(=O)O. The number of hydrogen-bond donors (Lipinski definition) is 2. The molecule has 0 saturated heterocycles. The summed E-state index contributed by atoms with van der Waals surface area (Å²) in [5, 5.41) is -0.692. The number of rotatable bonds is 5. The van der Waals surface area contributed by atoms with Gasteiger partial charge in [-0.15, -0.1) is 0 Å². The van der Waals surface area contributed by atoms with Gasteiger partial charge in [0, 0.05) is 0 Å². The lowest BCUT2D eigenvalue weighted by Gasteiger charge is -2.14. The first-order chi connectivity index (χ1) is 5.38. The van der Waals surface area contributed by atoms with E-state index < -0.39 is 15.4 Å². The smallest absolute Gasteiger partial charge is 0.267 e. The Bertz CT molecular complexity index is 211. The van der Waals surface area contributed by atoms with Gasteiger partial charge in [0.25, 0.3) is 10.1 Å². The summed E-state index contributed by atoms with van der Waals surface area (Å²) in [4.78, 5) is 0. The summed E-state index contributed by atoms with van der Waals surface area (Å²) >= 11 is 0. The predicted octanol–water partition coefficient (Wildman–Crippen LogP) is 0.638. The van der Waals surface area contributed by atoms with Gasteiger partial charge in [-0.2, -0.15) is 8.42 Å². The van der Waals surface area contributed by atoms with Crippen molar-refractivity contribution in [2.75, 3.05) is 6.54 Å². The third-order valence-electron chi connectivity index (χ3n) is 1.64. The first-order valence-corrected chi connectivity index (χ1v) is 5.54. The van der Waals surface area contributed by atoms with E-state index in [0.29, 0.717) is 12.8 Å². The maximum absolute atomic E-state index is 10.8. The summed E-state index contributed by atoms with van der Waals surface area (Å²) in [7, 11) is -3.90. The van der Waals surface area contributed by atoms with Gasteiger partial charge in [-0.3, -0.25) is 4.55 Å². The Morgan fingerprint density at radius 2 is 1.92 bits per heavy atom. The van der Waals surface area contributed by atoms with Crippen molar-refractivity contribution in [3.8, 4) is 0 Å². The Hall–Kier alpha value is -0.130. The van der Waals surface area contributed by atoms with Crippen molar-refractivity contribution < 1.29 is 13.0 Å². The van der Waals surface area contributed by atoms with Crippen LogP contribution in [0.25, 0.3) is 0 Å². The molecule has 0 aromatic rings. The Morgan fingerprint density at radius 1 is 1.42 bits per heavy atom. The molecule has 3 N–H and O–H groups in total. The molecule has 0 aliphatic heterocycles. The molecule has 0 amide bonds. The van der Waals surface area contributed by atoms with Gasteiger partial charge in [0.1, 0.15) is 0 Å². The summed E-state index contributed by atoms with van der Waals surface area (Å²) in [6, 6.07) is 0. The Balaban J connectivity index is 4.24. The Labute approximate surface area is 73.9 Å². The maximum Gasteiger partial charge on any atom is 0.267 e. The topological polar surface area (TPSA) is 80.4 Å². The second kappa shape index (κ2) is 4.79. The van der Waals surface area contributed by atoms with E-state index in [1.54, 1.807) is 0 Å². The minimum Gasteiger partial charge on any atom is -0.330 e. The highest BCUT2D eigenvalue weighted by atomic mass is 32.2. The van der Waals surface area contributed by atoms with Gasteiger partial charge in [-0.1, -0.05) is 13.8 Å². The van der Waals surface area contributed by atoms with Crippen LogP contribution in [0.15, 0.2) is 0 Å². The molecule has 0 heterocycles. The molecule has 12 heavy (non-hydrogen) atoms. The van der Waals surface area contributed by atoms with Crippen molar-refractivity contribution in [1.29, 1.82) is 0 Å². The summed E-state index contributed by atoms with van der Waals surface area (Å²) < 4.78 is 30.3. The largest absolute Gasteiger partial charge is 0.330 e. The van der Waals surface area contributed by atoms with E-state index in [1.165, 1.54) is 0 Å². The molecule has 0 bridgehead atoms. The average Bonchev–Trinajstić information content (AvgIpc) is 1.83. The van der Waals surface area contributed by atoms with Crippen LogP contribution in [0.3, 0.4) is 0 Å². The highest BCUT2D eigenvalue weighted by Gasteiger charge is 2.22. The van der Waals surface area contributed by atoms with E-state index >= 15 is 0 Å². The molecule has 0 aromatic carbocycles. The molecule has 1 unspecified atom stereocenters. The van der Waals surface area contributed by atoms with E-state index in [0.717, 1.165) is 0 Å². The third kappa shape index (κ3) is 4.69. The predicted molar refractivity (Wildman–Crippen MR) is 48.5 cm³/mol. The van der Waals surface area contributed by atoms with Gasteiger partial charge in [0.2, 0.25) is 0 Å². The number of hydrogen-bond acceptors (Lipinski definition) is 3. The fourth-order valence-electron chi connectivity index (χ4n) is 1.10. The summed E-state index contributed by atoms with van der Waals surface area (Å²) in [6.07, 6.45) is 0.799. The summed E-state index contributed by atoms with van der Waals surface area (Å²) in [5.41, 5.74) is 5.23. The molecule has 0 aliphatic rings. The van der Waals surface area contributed by atoms with E-state index in [9.17, 15) is 8.42 Å². The van der Waals surface area contributed by atoms with Crippen LogP contribution in [0.4, 0.5) is 0 Å². The first-order valence-electron chi connectivity index (χ1n) is 4.04. The molecule has 1 atom stereocenters. The monoisotopic (exact) mass is 195 g/mol. The van der Waals surface area contributed by atoms with Crippen LogP contribution in [0, 0.1) is 5.92 Å². The third-order valence-corrected chi connectivity index (χ3v) is 2.91. The van der Waals surface area contributed by atoms with Gasteiger partial charge in [0.05, 0.1) is 5.25 Å². The molecule has 74 valence electrons. The van der Waals surface area contributed by atoms with E-state index in [2.05, 4.69) is 0 Å². The number of nitrogens with two attached hydrogens (primary N) is 1. The van der Waals surface area contributed by atoms with E-state index in [4.69, 9.17) is 10.3 Å². The fraction of sp³-hybridized carbons (Fsp3) is 1.00. The Kier molecular flexibility index (Phi) is 4.74. The molecular formula is C7H17NO3S. The van der Waals surface area contributed by atoms with E-state index in [-0.39, 0.29) is 12.5 Å². The zero-order chi connectivity index (χ0) is 9.78. The van der Waals surface area contributed by atoms with Crippen LogP contribution in [0.1, 0.15) is 26.7 Å². The molecular weight excluding hydrogens is 178 g/mol. The Morgan fingerprint density at radius 3 is 2.17 bits per heavy atom. The molecule has 0 rings (SSSR count). The molecule has 0 aliphatic carbocycles. The first kappa shape index (κ1) is 11.9. The van der Waals surface area contributed by atoms with Gasteiger partial charge in [-0.05, 0) is 25.3 Å². The molecule has 0 aromatic heterocycles. The minimum absolute atomic E-state index is 0.253. The lowest BCUT2D eigenvalue weighted by atomic mass is 10.1. The normalized spacial score (nSPS) is 15.1. The zero-order valence-electron chi connectivity index (χ0n) is 7.53. The van der Waals surface area contributed by atoms with Crippen LogP contribution in [-0.2, 0) is 10.1 Å². The van der Waals surface area contributed by atoms with E-state index in [1.807, 2.05) is 13.8 Å². The molecule has 5 heteroatoms. The molecule has 0 spiro atoms. The summed E-state index contributed by atoms with van der Waals surface area (Å²) in [6.45, 7) is 4.11. The van der Waals surface area contributed by atoms with Gasteiger partial charge in [0.15, 0.2) is 0 Å². The van der Waals surface area contributed by atoms with Gasteiger partial charge < -0.3 is 5.73 Å². The second-order valence-corrected chi connectivity index (χ2v) is 5.04. The van der Waals surface area contributed by atoms with Crippen LogP contribution >= 0.6 is 0 Å². The average molecular weight is 195 g/mol. The zero-order valence-corrected chi connectivity index (χ0v) is 8.34. The maximum atomic E-state index is 10.8. The fourth-order valence-corrected chi connectivity index (χ4v) is 2.16. The lowest BCUT2D eigenvalue weighted by Crippen LogP contribution is -2.25. The van der Waals surface area contributed by atoms with Gasteiger partial charge >= 0.3 is 0 Å². The summed E-state index contributed by atoms with van der Waals surface area (Å²) in [5.74, 6) is 0.253. The second-order valence-electron chi connectivity index (χ2n) is 3.34. The van der Waals surface area contributed by atoms with Gasteiger partial charge in [-0.25, -0.2) is 0 Å². The molecule has 0 radical (unpaired) electrons. The van der Waals surface area contributed by atoms with Crippen molar-refractivity contribution in [3.05, 3.63) is 0 Å². The van der Waals surface area contributed by atoms with Crippen molar-refractivity contribution >= 4 is 10.1 Å². The highest BCUT2D eigenvalue weighted by Crippen LogP contribution is 2.14. The molecule has 0 saturated carbocycles. The van der Waals surface area contributed by atoms with Crippen LogP contribution in [-0.4, -0.2) is 24.8 Å².